The Kier molecular flexibility index (Phi) is 5.19. The first-order chi connectivity index (χ1) is 9.95. The smallest absolute Gasteiger partial charge is 0.171 e. The Bertz CT molecular complexity index is 679. The predicted octanol–water partition coefficient (Wildman–Crippen LogP) is 4.35. The highest BCUT2D eigenvalue weighted by atomic mass is 79.9. The zero-order chi connectivity index (χ0) is 15.4. The average molecular weight is 375 g/mol. The van der Waals surface area contributed by atoms with Gasteiger partial charge in [-0.15, -0.1) is 0 Å². The summed E-state index contributed by atoms with van der Waals surface area (Å²) in [5, 5.41) is 6.01. The van der Waals surface area contributed by atoms with Crippen LogP contribution in [-0.4, -0.2) is 5.11 Å². The van der Waals surface area contributed by atoms with Gasteiger partial charge >= 0.3 is 0 Å². The molecule has 0 saturated carbocycles. The Hall–Kier alpha value is -1.60. The summed E-state index contributed by atoms with van der Waals surface area (Å²) >= 11 is 8.29. The molecule has 0 spiro atoms. The molecule has 0 atom stereocenters. The van der Waals surface area contributed by atoms with Crippen LogP contribution in [0.5, 0.6) is 0 Å². The highest BCUT2D eigenvalue weighted by Crippen LogP contribution is 2.22. The van der Waals surface area contributed by atoms with Gasteiger partial charge in [-0.1, -0.05) is 6.07 Å². The molecule has 0 amide bonds. The molecule has 0 radical (unpaired) electrons. The maximum atomic E-state index is 13.0. The van der Waals surface area contributed by atoms with E-state index in [0.29, 0.717) is 15.7 Å². The number of nitrogens with one attached hydrogen (secondary N) is 2. The topological polar surface area (TPSA) is 24.1 Å². The fourth-order valence-corrected chi connectivity index (χ4v) is 2.22. The molecule has 0 aliphatic heterocycles. The third-order valence-corrected chi connectivity index (χ3v) is 3.52. The summed E-state index contributed by atoms with van der Waals surface area (Å²) in [5.74, 6) is -2.17. The zero-order valence-corrected chi connectivity index (χ0v) is 13.0. The standard InChI is InChI=1S/C14H10BrF3N2S/c15-10-6-9(16)2-4-13(10)20-14(21)19-7-8-1-3-11(17)12(18)5-8/h1-6H,7H2,(H2,19,20,21). The lowest BCUT2D eigenvalue weighted by Crippen LogP contribution is -2.28. The minimum absolute atomic E-state index is 0.238. The molecule has 0 bridgehead atoms. The molecular formula is C14H10BrF3N2S. The van der Waals surface area contributed by atoms with E-state index in [-0.39, 0.29) is 17.5 Å². The molecule has 0 heterocycles. The van der Waals surface area contributed by atoms with Crippen molar-refractivity contribution >= 4 is 38.9 Å². The Morgan fingerprint density at radius 3 is 2.48 bits per heavy atom. The molecule has 2 nitrogen and oxygen atoms in total. The Morgan fingerprint density at radius 2 is 1.81 bits per heavy atom. The fraction of sp³-hybridized carbons (Fsp3) is 0.0714. The molecule has 0 aliphatic carbocycles. The maximum absolute atomic E-state index is 13.0. The molecule has 0 saturated heterocycles. The van der Waals surface area contributed by atoms with E-state index in [2.05, 4.69) is 26.6 Å². The second kappa shape index (κ2) is 6.91. The lowest BCUT2D eigenvalue weighted by atomic mass is 10.2. The first kappa shape index (κ1) is 15.8. The van der Waals surface area contributed by atoms with E-state index in [1.54, 1.807) is 0 Å². The third-order valence-electron chi connectivity index (χ3n) is 2.62. The number of thiocarbonyl (C=S) groups is 1. The largest absolute Gasteiger partial charge is 0.358 e. The number of benzene rings is 2. The molecule has 2 rings (SSSR count). The summed E-state index contributed by atoms with van der Waals surface area (Å²) in [6, 6.07) is 7.75. The molecule has 0 aromatic heterocycles. The summed E-state index contributed by atoms with van der Waals surface area (Å²) < 4.78 is 39.3. The van der Waals surface area contributed by atoms with Crippen molar-refractivity contribution in [3.05, 3.63) is 63.9 Å². The fourth-order valence-electron chi connectivity index (χ4n) is 1.59. The monoisotopic (exact) mass is 374 g/mol. The van der Waals surface area contributed by atoms with Crippen molar-refractivity contribution in [2.75, 3.05) is 5.32 Å². The summed E-state index contributed by atoms with van der Waals surface area (Å²) in [6.45, 7) is 0.238. The lowest BCUT2D eigenvalue weighted by molar-refractivity contribution is 0.507. The SMILES string of the molecule is Fc1ccc(NC(=S)NCc2ccc(F)c(F)c2)c(Br)c1. The van der Waals surface area contributed by atoms with E-state index in [1.165, 1.54) is 24.3 Å². The van der Waals surface area contributed by atoms with Gasteiger partial charge in [-0.2, -0.15) is 0 Å². The van der Waals surface area contributed by atoms with Crippen LogP contribution >= 0.6 is 28.1 Å². The van der Waals surface area contributed by atoms with Crippen LogP contribution in [0.4, 0.5) is 18.9 Å². The number of hydrogen-bond donors (Lipinski definition) is 2. The molecule has 2 aromatic carbocycles. The van der Waals surface area contributed by atoms with E-state index in [1.807, 2.05) is 0 Å². The average Bonchev–Trinajstić information content (AvgIpc) is 2.43. The van der Waals surface area contributed by atoms with Crippen LogP contribution in [0.3, 0.4) is 0 Å². The van der Waals surface area contributed by atoms with Crippen LogP contribution < -0.4 is 10.6 Å². The van der Waals surface area contributed by atoms with E-state index < -0.39 is 11.6 Å². The van der Waals surface area contributed by atoms with Crippen molar-refractivity contribution in [3.8, 4) is 0 Å². The highest BCUT2D eigenvalue weighted by Gasteiger charge is 2.05. The normalized spacial score (nSPS) is 10.3. The number of halogens is 4. The van der Waals surface area contributed by atoms with E-state index in [0.717, 1.165) is 12.1 Å². The number of hydrogen-bond acceptors (Lipinski definition) is 1. The van der Waals surface area contributed by atoms with Crippen LogP contribution in [-0.2, 0) is 6.54 Å². The highest BCUT2D eigenvalue weighted by molar-refractivity contribution is 9.10. The van der Waals surface area contributed by atoms with E-state index in [4.69, 9.17) is 12.2 Å². The molecule has 21 heavy (non-hydrogen) atoms. The van der Waals surface area contributed by atoms with Crippen molar-refractivity contribution in [3.63, 3.8) is 0 Å². The second-order valence-electron chi connectivity index (χ2n) is 4.18. The summed E-state index contributed by atoms with van der Waals surface area (Å²) in [6.07, 6.45) is 0. The minimum atomic E-state index is -0.908. The summed E-state index contributed by atoms with van der Waals surface area (Å²) in [4.78, 5) is 0. The van der Waals surface area contributed by atoms with Crippen LogP contribution in [0.1, 0.15) is 5.56 Å². The van der Waals surface area contributed by atoms with Gasteiger partial charge in [0.1, 0.15) is 5.82 Å². The molecule has 0 fully saturated rings. The molecule has 110 valence electrons. The predicted molar refractivity (Wildman–Crippen MR) is 83.5 cm³/mol. The minimum Gasteiger partial charge on any atom is -0.358 e. The second-order valence-corrected chi connectivity index (χ2v) is 5.44. The van der Waals surface area contributed by atoms with E-state index >= 15 is 0 Å². The zero-order valence-electron chi connectivity index (χ0n) is 10.6. The lowest BCUT2D eigenvalue weighted by Gasteiger charge is -2.12. The molecule has 2 N–H and O–H groups in total. The Balaban J connectivity index is 1.94. The third kappa shape index (κ3) is 4.44. The van der Waals surface area contributed by atoms with Crippen LogP contribution in [0.15, 0.2) is 40.9 Å². The van der Waals surface area contributed by atoms with Gasteiger partial charge in [0.05, 0.1) is 5.69 Å². The first-order valence-corrected chi connectivity index (χ1v) is 7.09. The number of anilines is 1. The Morgan fingerprint density at radius 1 is 1.05 bits per heavy atom. The van der Waals surface area contributed by atoms with Gasteiger partial charge < -0.3 is 10.6 Å². The molecule has 2 aromatic rings. The van der Waals surface area contributed by atoms with Crippen LogP contribution in [0, 0.1) is 17.5 Å². The van der Waals surface area contributed by atoms with Crippen molar-refractivity contribution in [2.24, 2.45) is 0 Å². The van der Waals surface area contributed by atoms with Gasteiger partial charge in [0.25, 0.3) is 0 Å². The maximum Gasteiger partial charge on any atom is 0.171 e. The van der Waals surface area contributed by atoms with Crippen molar-refractivity contribution in [1.82, 2.24) is 5.32 Å². The van der Waals surface area contributed by atoms with Crippen LogP contribution in [0.25, 0.3) is 0 Å². The Labute approximate surface area is 133 Å². The molecular weight excluding hydrogens is 365 g/mol. The molecule has 0 unspecified atom stereocenters. The van der Waals surface area contributed by atoms with Gasteiger partial charge in [0.15, 0.2) is 16.7 Å². The van der Waals surface area contributed by atoms with Gasteiger partial charge in [0, 0.05) is 11.0 Å². The molecule has 0 aliphatic rings. The van der Waals surface area contributed by atoms with Gasteiger partial charge in [0.2, 0.25) is 0 Å². The van der Waals surface area contributed by atoms with Crippen LogP contribution in [0.2, 0.25) is 0 Å². The van der Waals surface area contributed by atoms with Gasteiger partial charge in [-0.3, -0.25) is 0 Å². The van der Waals surface area contributed by atoms with Crippen molar-refractivity contribution in [1.29, 1.82) is 0 Å². The number of rotatable bonds is 3. The van der Waals surface area contributed by atoms with Crippen molar-refractivity contribution in [2.45, 2.75) is 6.54 Å². The summed E-state index contributed by atoms with van der Waals surface area (Å²) in [7, 11) is 0. The summed E-state index contributed by atoms with van der Waals surface area (Å²) in [5.41, 5.74) is 1.15. The van der Waals surface area contributed by atoms with E-state index in [9.17, 15) is 13.2 Å². The quantitative estimate of drug-likeness (QED) is 0.780. The van der Waals surface area contributed by atoms with Gasteiger partial charge in [-0.25, -0.2) is 13.2 Å². The molecule has 7 heteroatoms. The van der Waals surface area contributed by atoms with Gasteiger partial charge in [-0.05, 0) is 64.0 Å². The van der Waals surface area contributed by atoms with Crippen molar-refractivity contribution < 1.29 is 13.2 Å². The first-order valence-electron chi connectivity index (χ1n) is 5.89.